The van der Waals surface area contributed by atoms with Crippen molar-refractivity contribution in [3.05, 3.63) is 41.7 Å². The molecule has 1 aromatic carbocycles. The SMILES string of the molecule is O=C(O)C[C@H]1CCCN1C(=O)C/C=C/c1ccc(F)cc1. The van der Waals surface area contributed by atoms with Gasteiger partial charge in [0.1, 0.15) is 5.82 Å². The van der Waals surface area contributed by atoms with Crippen LogP contribution in [-0.2, 0) is 9.59 Å². The second kappa shape index (κ2) is 7.02. The molecule has 112 valence electrons. The number of nitrogens with zero attached hydrogens (tertiary/aromatic N) is 1. The van der Waals surface area contributed by atoms with E-state index in [2.05, 4.69) is 0 Å². The number of carbonyl (C=O) groups is 2. The minimum atomic E-state index is -0.874. The van der Waals surface area contributed by atoms with Gasteiger partial charge < -0.3 is 10.0 Å². The summed E-state index contributed by atoms with van der Waals surface area (Å²) >= 11 is 0. The highest BCUT2D eigenvalue weighted by atomic mass is 19.1. The van der Waals surface area contributed by atoms with Crippen LogP contribution in [0.15, 0.2) is 30.3 Å². The van der Waals surface area contributed by atoms with Crippen molar-refractivity contribution in [1.29, 1.82) is 0 Å². The molecule has 1 atom stereocenters. The van der Waals surface area contributed by atoms with Gasteiger partial charge in [0.05, 0.1) is 6.42 Å². The Morgan fingerprint density at radius 2 is 2.05 bits per heavy atom. The van der Waals surface area contributed by atoms with Crippen LogP contribution in [0, 0.1) is 5.82 Å². The number of hydrogen-bond acceptors (Lipinski definition) is 2. The average Bonchev–Trinajstić information content (AvgIpc) is 2.88. The summed E-state index contributed by atoms with van der Waals surface area (Å²) in [5.41, 5.74) is 0.827. The van der Waals surface area contributed by atoms with Crippen molar-refractivity contribution in [2.24, 2.45) is 0 Å². The molecule has 0 aliphatic carbocycles. The molecular weight excluding hydrogens is 273 g/mol. The van der Waals surface area contributed by atoms with Crippen LogP contribution >= 0.6 is 0 Å². The lowest BCUT2D eigenvalue weighted by Crippen LogP contribution is -2.36. The first-order valence-corrected chi connectivity index (χ1v) is 6.99. The summed E-state index contributed by atoms with van der Waals surface area (Å²) < 4.78 is 12.8. The Kier molecular flexibility index (Phi) is 5.09. The molecule has 5 heteroatoms. The molecule has 0 unspecified atom stereocenters. The maximum absolute atomic E-state index is 12.8. The Morgan fingerprint density at radius 3 is 2.71 bits per heavy atom. The normalized spacial score (nSPS) is 18.3. The first-order chi connectivity index (χ1) is 10.1. The molecule has 0 aromatic heterocycles. The number of carbonyl (C=O) groups excluding carboxylic acids is 1. The van der Waals surface area contributed by atoms with E-state index in [1.54, 1.807) is 29.2 Å². The molecule has 1 fully saturated rings. The third-order valence-electron chi connectivity index (χ3n) is 3.58. The van der Waals surface area contributed by atoms with Crippen molar-refractivity contribution in [3.8, 4) is 0 Å². The van der Waals surface area contributed by atoms with E-state index in [9.17, 15) is 14.0 Å². The number of halogens is 1. The van der Waals surface area contributed by atoms with E-state index in [0.29, 0.717) is 6.54 Å². The topological polar surface area (TPSA) is 57.6 Å². The van der Waals surface area contributed by atoms with Crippen molar-refractivity contribution in [1.82, 2.24) is 4.90 Å². The molecule has 1 heterocycles. The fraction of sp³-hybridized carbons (Fsp3) is 0.375. The predicted octanol–water partition coefficient (Wildman–Crippen LogP) is 2.69. The third-order valence-corrected chi connectivity index (χ3v) is 3.58. The van der Waals surface area contributed by atoms with Crippen molar-refractivity contribution in [2.45, 2.75) is 31.7 Å². The minimum Gasteiger partial charge on any atom is -0.481 e. The summed E-state index contributed by atoms with van der Waals surface area (Å²) in [5.74, 6) is -1.23. The smallest absolute Gasteiger partial charge is 0.305 e. The number of hydrogen-bond donors (Lipinski definition) is 1. The van der Waals surface area contributed by atoms with Gasteiger partial charge in [0.2, 0.25) is 5.91 Å². The molecule has 0 spiro atoms. The summed E-state index contributed by atoms with van der Waals surface area (Å²) in [4.78, 5) is 24.5. The van der Waals surface area contributed by atoms with Crippen molar-refractivity contribution >= 4 is 18.0 Å². The lowest BCUT2D eigenvalue weighted by molar-refractivity contribution is -0.139. The van der Waals surface area contributed by atoms with Gasteiger partial charge in [0.25, 0.3) is 0 Å². The van der Waals surface area contributed by atoms with E-state index in [1.807, 2.05) is 0 Å². The van der Waals surface area contributed by atoms with Crippen LogP contribution in [0.4, 0.5) is 4.39 Å². The van der Waals surface area contributed by atoms with Crippen LogP contribution < -0.4 is 0 Å². The van der Waals surface area contributed by atoms with E-state index >= 15 is 0 Å². The second-order valence-corrected chi connectivity index (χ2v) is 5.14. The van der Waals surface area contributed by atoms with Crippen molar-refractivity contribution in [2.75, 3.05) is 6.54 Å². The molecule has 1 saturated heterocycles. The van der Waals surface area contributed by atoms with Crippen LogP contribution in [0.2, 0.25) is 0 Å². The third kappa shape index (κ3) is 4.41. The molecule has 1 N–H and O–H groups in total. The lowest BCUT2D eigenvalue weighted by atomic mass is 10.1. The van der Waals surface area contributed by atoms with E-state index in [4.69, 9.17) is 5.11 Å². The average molecular weight is 291 g/mol. The van der Waals surface area contributed by atoms with Gasteiger partial charge in [-0.2, -0.15) is 0 Å². The molecule has 1 aliphatic heterocycles. The molecule has 1 aromatic rings. The second-order valence-electron chi connectivity index (χ2n) is 5.14. The number of benzene rings is 1. The Balaban J connectivity index is 1.89. The Morgan fingerprint density at radius 1 is 1.33 bits per heavy atom. The fourth-order valence-electron chi connectivity index (χ4n) is 2.56. The van der Waals surface area contributed by atoms with Gasteiger partial charge in [-0.1, -0.05) is 24.3 Å². The van der Waals surface area contributed by atoms with Gasteiger partial charge >= 0.3 is 5.97 Å². The molecule has 0 radical (unpaired) electrons. The largest absolute Gasteiger partial charge is 0.481 e. The van der Waals surface area contributed by atoms with E-state index in [-0.39, 0.29) is 30.6 Å². The van der Waals surface area contributed by atoms with Gasteiger partial charge in [-0.05, 0) is 30.5 Å². The zero-order chi connectivity index (χ0) is 15.2. The summed E-state index contributed by atoms with van der Waals surface area (Å²) in [6.45, 7) is 0.626. The first kappa shape index (κ1) is 15.2. The molecule has 0 saturated carbocycles. The highest BCUT2D eigenvalue weighted by molar-refractivity contribution is 5.80. The summed E-state index contributed by atoms with van der Waals surface area (Å²) in [5, 5.41) is 8.84. The quantitative estimate of drug-likeness (QED) is 0.907. The molecule has 0 bridgehead atoms. The van der Waals surface area contributed by atoms with E-state index in [1.165, 1.54) is 12.1 Å². The van der Waals surface area contributed by atoms with Gasteiger partial charge in [0, 0.05) is 19.0 Å². The zero-order valence-corrected chi connectivity index (χ0v) is 11.7. The Bertz CT molecular complexity index is 539. The fourth-order valence-corrected chi connectivity index (χ4v) is 2.56. The summed E-state index contributed by atoms with van der Waals surface area (Å²) in [7, 11) is 0. The number of rotatable bonds is 5. The van der Waals surface area contributed by atoms with Gasteiger partial charge in [-0.3, -0.25) is 9.59 Å². The maximum atomic E-state index is 12.8. The van der Waals surface area contributed by atoms with Crippen LogP contribution in [0.5, 0.6) is 0 Å². The molecule has 21 heavy (non-hydrogen) atoms. The predicted molar refractivity (Wildman–Crippen MR) is 77.0 cm³/mol. The number of amides is 1. The first-order valence-electron chi connectivity index (χ1n) is 6.99. The highest BCUT2D eigenvalue weighted by Gasteiger charge is 2.29. The number of aliphatic carboxylic acids is 1. The minimum absolute atomic E-state index is 0.00736. The van der Waals surface area contributed by atoms with Crippen molar-refractivity contribution < 1.29 is 19.1 Å². The standard InChI is InChI=1S/C16H18FNO3/c17-13-8-6-12(7-9-13)3-1-5-15(19)18-10-2-4-14(18)11-16(20)21/h1,3,6-9,14H,2,4-5,10-11H2,(H,20,21)/b3-1+/t14-/m1/s1. The zero-order valence-electron chi connectivity index (χ0n) is 11.7. The van der Waals surface area contributed by atoms with Gasteiger partial charge in [0.15, 0.2) is 0 Å². The number of likely N-dealkylation sites (tertiary alicyclic amines) is 1. The molecule has 4 nitrogen and oxygen atoms in total. The highest BCUT2D eigenvalue weighted by Crippen LogP contribution is 2.21. The van der Waals surface area contributed by atoms with Gasteiger partial charge in [-0.25, -0.2) is 4.39 Å². The number of carboxylic acid groups (broad SMARTS) is 1. The summed E-state index contributed by atoms with van der Waals surface area (Å²) in [6.07, 6.45) is 5.33. The van der Waals surface area contributed by atoms with Crippen LogP contribution in [0.25, 0.3) is 6.08 Å². The Labute approximate surface area is 122 Å². The molecule has 2 rings (SSSR count). The molecular formula is C16H18FNO3. The van der Waals surface area contributed by atoms with Crippen LogP contribution in [-0.4, -0.2) is 34.5 Å². The van der Waals surface area contributed by atoms with E-state index in [0.717, 1.165) is 18.4 Å². The van der Waals surface area contributed by atoms with Crippen molar-refractivity contribution in [3.63, 3.8) is 0 Å². The number of carboxylic acids is 1. The lowest BCUT2D eigenvalue weighted by Gasteiger charge is -2.22. The van der Waals surface area contributed by atoms with E-state index < -0.39 is 5.97 Å². The maximum Gasteiger partial charge on any atom is 0.305 e. The molecule has 1 amide bonds. The van der Waals surface area contributed by atoms with Crippen LogP contribution in [0.3, 0.4) is 0 Å². The molecule has 1 aliphatic rings. The summed E-state index contributed by atoms with van der Waals surface area (Å²) in [6, 6.07) is 5.82. The van der Waals surface area contributed by atoms with Crippen LogP contribution in [0.1, 0.15) is 31.2 Å². The van der Waals surface area contributed by atoms with Gasteiger partial charge in [-0.15, -0.1) is 0 Å². The monoisotopic (exact) mass is 291 g/mol. The Hall–Kier alpha value is -2.17.